The summed E-state index contributed by atoms with van der Waals surface area (Å²) < 4.78 is 9.49. The number of hydrogen-bond acceptors (Lipinski definition) is 3. The highest BCUT2D eigenvalue weighted by molar-refractivity contribution is 5.72. The monoisotopic (exact) mass is 160 g/mol. The minimum Gasteiger partial charge on any atom is -0.469 e. The Hall–Kier alpha value is -0.570. The van der Waals surface area contributed by atoms with E-state index in [1.807, 2.05) is 13.8 Å². The predicted molar refractivity (Wildman–Crippen MR) is 42.3 cm³/mol. The van der Waals surface area contributed by atoms with Gasteiger partial charge in [-0.15, -0.1) is 0 Å². The smallest absolute Gasteiger partial charge is 0.311 e. The van der Waals surface area contributed by atoms with Crippen molar-refractivity contribution in [3.63, 3.8) is 0 Å². The molecule has 0 spiro atoms. The Bertz CT molecular complexity index is 106. The van der Waals surface area contributed by atoms with Gasteiger partial charge >= 0.3 is 5.97 Å². The Morgan fingerprint density at radius 3 is 2.55 bits per heavy atom. The Labute approximate surface area is 67.7 Å². The molecule has 0 saturated carbocycles. The molecular formula is C8H16O3. The second-order valence-corrected chi connectivity index (χ2v) is 2.08. The zero-order valence-corrected chi connectivity index (χ0v) is 7.42. The first kappa shape index (κ1) is 10.4. The van der Waals surface area contributed by atoms with Crippen molar-refractivity contribution in [1.29, 1.82) is 0 Å². The van der Waals surface area contributed by atoms with Gasteiger partial charge in [0.25, 0.3) is 0 Å². The summed E-state index contributed by atoms with van der Waals surface area (Å²) in [5.41, 5.74) is 0. The van der Waals surface area contributed by atoms with Crippen LogP contribution in [0, 0.1) is 5.92 Å². The molecule has 1 fully saturated rings. The molecule has 0 aromatic rings. The zero-order chi connectivity index (χ0) is 8.69. The van der Waals surface area contributed by atoms with Crippen LogP contribution in [0.25, 0.3) is 0 Å². The van der Waals surface area contributed by atoms with Crippen LogP contribution in [0.15, 0.2) is 0 Å². The Morgan fingerprint density at radius 1 is 1.55 bits per heavy atom. The topological polar surface area (TPSA) is 35.5 Å². The molecule has 1 saturated heterocycles. The van der Waals surface area contributed by atoms with E-state index in [4.69, 9.17) is 4.74 Å². The van der Waals surface area contributed by atoms with Crippen molar-refractivity contribution in [2.45, 2.75) is 20.3 Å². The number of esters is 1. The second-order valence-electron chi connectivity index (χ2n) is 2.08. The van der Waals surface area contributed by atoms with E-state index in [-0.39, 0.29) is 11.9 Å². The van der Waals surface area contributed by atoms with Crippen LogP contribution in [0.2, 0.25) is 0 Å². The first-order valence-corrected chi connectivity index (χ1v) is 4.00. The molecule has 1 rings (SSSR count). The number of methoxy groups -OCH3 is 1. The van der Waals surface area contributed by atoms with E-state index in [0.717, 1.165) is 6.42 Å². The highest BCUT2D eigenvalue weighted by atomic mass is 16.5. The Balaban J connectivity index is 0.000000461. The molecule has 1 aliphatic rings. The highest BCUT2D eigenvalue weighted by Gasteiger charge is 2.23. The lowest BCUT2D eigenvalue weighted by atomic mass is 10.1. The fraction of sp³-hybridized carbons (Fsp3) is 0.875. The summed E-state index contributed by atoms with van der Waals surface area (Å²) >= 11 is 0. The van der Waals surface area contributed by atoms with Gasteiger partial charge in [-0.05, 0) is 6.42 Å². The summed E-state index contributed by atoms with van der Waals surface area (Å²) in [4.78, 5) is 10.7. The maximum atomic E-state index is 10.7. The first-order valence-electron chi connectivity index (χ1n) is 4.00. The van der Waals surface area contributed by atoms with Crippen LogP contribution in [0.1, 0.15) is 20.3 Å². The maximum Gasteiger partial charge on any atom is 0.311 e. The van der Waals surface area contributed by atoms with Gasteiger partial charge in [-0.25, -0.2) is 0 Å². The maximum absolute atomic E-state index is 10.7. The van der Waals surface area contributed by atoms with Gasteiger partial charge in [0.15, 0.2) is 0 Å². The SMILES string of the molecule is CC.COC(=O)C1CCOC1. The molecule has 0 N–H and O–H groups in total. The second kappa shape index (κ2) is 6.16. The number of carbonyl (C=O) groups excluding carboxylic acids is 1. The summed E-state index contributed by atoms with van der Waals surface area (Å²) in [6.45, 7) is 5.23. The minimum absolute atomic E-state index is 0.00463. The van der Waals surface area contributed by atoms with Crippen LogP contribution in [0.3, 0.4) is 0 Å². The van der Waals surface area contributed by atoms with Gasteiger partial charge in [0.2, 0.25) is 0 Å². The molecule has 66 valence electrons. The number of hydrogen-bond donors (Lipinski definition) is 0. The minimum atomic E-state index is -0.146. The van der Waals surface area contributed by atoms with Crippen molar-refractivity contribution in [2.75, 3.05) is 20.3 Å². The van der Waals surface area contributed by atoms with Crippen molar-refractivity contribution in [3.05, 3.63) is 0 Å². The van der Waals surface area contributed by atoms with Crippen LogP contribution >= 0.6 is 0 Å². The molecule has 0 bridgehead atoms. The lowest BCUT2D eigenvalue weighted by Crippen LogP contribution is -2.15. The predicted octanol–water partition coefficient (Wildman–Crippen LogP) is 1.22. The number of rotatable bonds is 1. The highest BCUT2D eigenvalue weighted by Crippen LogP contribution is 2.12. The van der Waals surface area contributed by atoms with Crippen LogP contribution in [-0.2, 0) is 14.3 Å². The van der Waals surface area contributed by atoms with E-state index in [1.165, 1.54) is 7.11 Å². The third-order valence-electron chi connectivity index (χ3n) is 1.46. The van der Waals surface area contributed by atoms with Gasteiger partial charge in [-0.2, -0.15) is 0 Å². The lowest BCUT2D eigenvalue weighted by Gasteiger charge is -2.01. The zero-order valence-electron chi connectivity index (χ0n) is 7.42. The average molecular weight is 160 g/mol. The fourth-order valence-electron chi connectivity index (χ4n) is 0.887. The summed E-state index contributed by atoms with van der Waals surface area (Å²) in [5, 5.41) is 0. The van der Waals surface area contributed by atoms with Crippen molar-refractivity contribution < 1.29 is 14.3 Å². The molecule has 3 heteroatoms. The third kappa shape index (κ3) is 3.37. The van der Waals surface area contributed by atoms with Crippen molar-refractivity contribution in [3.8, 4) is 0 Å². The summed E-state index contributed by atoms with van der Waals surface area (Å²) in [6.07, 6.45) is 0.812. The Kier molecular flexibility index (Phi) is 5.84. The van der Waals surface area contributed by atoms with Crippen molar-refractivity contribution in [1.82, 2.24) is 0 Å². The van der Waals surface area contributed by atoms with Crippen LogP contribution in [0.4, 0.5) is 0 Å². The molecule has 1 atom stereocenters. The molecule has 1 unspecified atom stereocenters. The summed E-state index contributed by atoms with van der Waals surface area (Å²) in [5.74, 6) is -0.150. The third-order valence-corrected chi connectivity index (χ3v) is 1.46. The molecule has 11 heavy (non-hydrogen) atoms. The van der Waals surface area contributed by atoms with Crippen molar-refractivity contribution >= 4 is 5.97 Å². The van der Waals surface area contributed by atoms with E-state index in [9.17, 15) is 4.79 Å². The van der Waals surface area contributed by atoms with E-state index in [2.05, 4.69) is 4.74 Å². The van der Waals surface area contributed by atoms with E-state index in [0.29, 0.717) is 13.2 Å². The number of ether oxygens (including phenoxy) is 2. The number of carbonyl (C=O) groups is 1. The van der Waals surface area contributed by atoms with E-state index >= 15 is 0 Å². The summed E-state index contributed by atoms with van der Waals surface area (Å²) in [6, 6.07) is 0. The molecule has 0 radical (unpaired) electrons. The lowest BCUT2D eigenvalue weighted by molar-refractivity contribution is -0.145. The van der Waals surface area contributed by atoms with E-state index < -0.39 is 0 Å². The Morgan fingerprint density at radius 2 is 2.18 bits per heavy atom. The standard InChI is InChI=1S/C6H10O3.C2H6/c1-8-6(7)5-2-3-9-4-5;1-2/h5H,2-4H2,1H3;1-2H3. The summed E-state index contributed by atoms with van der Waals surface area (Å²) in [7, 11) is 1.40. The fourth-order valence-corrected chi connectivity index (χ4v) is 0.887. The molecule has 0 aliphatic carbocycles. The van der Waals surface area contributed by atoms with Crippen LogP contribution < -0.4 is 0 Å². The van der Waals surface area contributed by atoms with Crippen LogP contribution in [0.5, 0.6) is 0 Å². The van der Waals surface area contributed by atoms with Gasteiger partial charge in [0, 0.05) is 6.61 Å². The normalized spacial score (nSPS) is 21.9. The van der Waals surface area contributed by atoms with Gasteiger partial charge in [0.1, 0.15) is 0 Å². The van der Waals surface area contributed by atoms with Crippen LogP contribution in [-0.4, -0.2) is 26.3 Å². The first-order chi connectivity index (χ1) is 5.34. The van der Waals surface area contributed by atoms with Gasteiger partial charge < -0.3 is 9.47 Å². The average Bonchev–Trinajstić information content (AvgIpc) is 2.59. The largest absolute Gasteiger partial charge is 0.469 e. The molecule has 0 aromatic heterocycles. The molecular weight excluding hydrogens is 144 g/mol. The van der Waals surface area contributed by atoms with E-state index in [1.54, 1.807) is 0 Å². The van der Waals surface area contributed by atoms with Crippen molar-refractivity contribution in [2.24, 2.45) is 5.92 Å². The molecule has 1 aliphatic heterocycles. The molecule has 1 heterocycles. The molecule has 0 amide bonds. The van der Waals surface area contributed by atoms with Gasteiger partial charge in [-0.3, -0.25) is 4.79 Å². The molecule has 0 aromatic carbocycles. The van der Waals surface area contributed by atoms with Gasteiger partial charge in [0.05, 0.1) is 19.6 Å². The quantitative estimate of drug-likeness (QED) is 0.541. The molecule has 3 nitrogen and oxygen atoms in total. The van der Waals surface area contributed by atoms with Gasteiger partial charge in [-0.1, -0.05) is 13.8 Å².